The third kappa shape index (κ3) is 6.87. The Bertz CT molecular complexity index is 660. The van der Waals surface area contributed by atoms with Gasteiger partial charge in [-0.25, -0.2) is 4.79 Å². The fourth-order valence-corrected chi connectivity index (χ4v) is 2.40. The van der Waals surface area contributed by atoms with Gasteiger partial charge in [0.25, 0.3) is 0 Å². The summed E-state index contributed by atoms with van der Waals surface area (Å²) < 4.78 is 0. The molecule has 1 aromatic carbocycles. The normalized spacial score (nSPS) is 15.5. The molecule has 0 aliphatic rings. The van der Waals surface area contributed by atoms with E-state index in [0.717, 1.165) is 0 Å². The highest BCUT2D eigenvalue weighted by molar-refractivity contribution is 5.92. The minimum atomic E-state index is -1.34. The third-order valence-corrected chi connectivity index (χ3v) is 4.02. The van der Waals surface area contributed by atoms with E-state index in [9.17, 15) is 24.6 Å². The quantitative estimate of drug-likeness (QED) is 0.331. The first-order chi connectivity index (χ1) is 12.5. The zero-order valence-electron chi connectivity index (χ0n) is 15.5. The Kier molecular flexibility index (Phi) is 8.20. The van der Waals surface area contributed by atoms with E-state index < -0.39 is 42.0 Å². The Hall–Kier alpha value is -2.65. The molecular formula is C18H27N3O6. The monoisotopic (exact) mass is 381 g/mol. The number of aliphatic hydroxyl groups is 1. The summed E-state index contributed by atoms with van der Waals surface area (Å²) in [6, 6.07) is 2.66. The van der Waals surface area contributed by atoms with Gasteiger partial charge in [-0.15, -0.1) is 0 Å². The number of aliphatic hydroxyl groups excluding tert-OH is 1. The molecule has 0 heterocycles. The molecule has 150 valence electrons. The van der Waals surface area contributed by atoms with Gasteiger partial charge in [-0.05, 0) is 37.0 Å². The molecule has 0 aliphatic carbocycles. The summed E-state index contributed by atoms with van der Waals surface area (Å²) in [6.07, 6.45) is -1.10. The van der Waals surface area contributed by atoms with Crippen LogP contribution in [-0.4, -0.2) is 57.3 Å². The van der Waals surface area contributed by atoms with E-state index in [1.807, 2.05) is 0 Å². The number of carboxylic acids is 1. The maximum atomic E-state index is 12.3. The molecule has 0 bridgehead atoms. The number of aliphatic carboxylic acids is 1. The molecule has 2 amide bonds. The number of nitrogens with one attached hydrogen (secondary N) is 2. The van der Waals surface area contributed by atoms with Crippen LogP contribution < -0.4 is 16.4 Å². The first-order valence-electron chi connectivity index (χ1n) is 8.58. The van der Waals surface area contributed by atoms with Crippen molar-refractivity contribution >= 4 is 17.8 Å². The Labute approximate surface area is 157 Å². The van der Waals surface area contributed by atoms with Crippen molar-refractivity contribution in [2.24, 2.45) is 11.7 Å². The van der Waals surface area contributed by atoms with Crippen LogP contribution in [0, 0.1) is 5.92 Å². The van der Waals surface area contributed by atoms with Crippen molar-refractivity contribution in [3.8, 4) is 5.75 Å². The smallest absolute Gasteiger partial charge is 0.326 e. The molecule has 1 aromatic rings. The maximum absolute atomic E-state index is 12.3. The molecule has 0 saturated heterocycles. The highest BCUT2D eigenvalue weighted by Crippen LogP contribution is 2.11. The van der Waals surface area contributed by atoms with Crippen LogP contribution in [0.5, 0.6) is 5.75 Å². The number of rotatable bonds is 9. The molecule has 0 aromatic heterocycles. The van der Waals surface area contributed by atoms with E-state index in [1.165, 1.54) is 19.1 Å². The molecule has 4 unspecified atom stereocenters. The van der Waals surface area contributed by atoms with Crippen LogP contribution in [0.3, 0.4) is 0 Å². The molecule has 27 heavy (non-hydrogen) atoms. The summed E-state index contributed by atoms with van der Waals surface area (Å²) in [5, 5.41) is 32.9. The number of carbonyl (C=O) groups is 3. The number of carboxylic acid groups (broad SMARTS) is 1. The van der Waals surface area contributed by atoms with Crippen molar-refractivity contribution in [3.63, 3.8) is 0 Å². The Morgan fingerprint density at radius 2 is 1.52 bits per heavy atom. The number of carbonyl (C=O) groups excluding carboxylic acids is 2. The van der Waals surface area contributed by atoms with E-state index >= 15 is 0 Å². The predicted molar refractivity (Wildman–Crippen MR) is 97.8 cm³/mol. The highest BCUT2D eigenvalue weighted by atomic mass is 16.4. The van der Waals surface area contributed by atoms with E-state index in [4.69, 9.17) is 10.8 Å². The number of aromatic hydroxyl groups is 1. The second kappa shape index (κ2) is 9.89. The summed E-state index contributed by atoms with van der Waals surface area (Å²) in [7, 11) is 0. The predicted octanol–water partition coefficient (Wildman–Crippen LogP) is -0.647. The van der Waals surface area contributed by atoms with Gasteiger partial charge in [0.2, 0.25) is 11.8 Å². The lowest BCUT2D eigenvalue weighted by atomic mass is 10.0. The first-order valence-corrected chi connectivity index (χ1v) is 8.58. The van der Waals surface area contributed by atoms with Gasteiger partial charge in [0.05, 0.1) is 12.1 Å². The topological polar surface area (TPSA) is 162 Å². The van der Waals surface area contributed by atoms with Crippen molar-refractivity contribution in [3.05, 3.63) is 29.8 Å². The Balaban J connectivity index is 2.76. The second-order valence-electron chi connectivity index (χ2n) is 6.77. The minimum Gasteiger partial charge on any atom is -0.508 e. The molecule has 4 atom stereocenters. The molecule has 0 radical (unpaired) electrons. The average Bonchev–Trinajstić information content (AvgIpc) is 2.58. The van der Waals surface area contributed by atoms with Crippen molar-refractivity contribution in [2.75, 3.05) is 0 Å². The van der Waals surface area contributed by atoms with Gasteiger partial charge >= 0.3 is 5.97 Å². The van der Waals surface area contributed by atoms with E-state index in [1.54, 1.807) is 26.0 Å². The van der Waals surface area contributed by atoms with E-state index in [-0.39, 0.29) is 18.1 Å². The van der Waals surface area contributed by atoms with Gasteiger partial charge in [0.1, 0.15) is 17.8 Å². The molecular weight excluding hydrogens is 354 g/mol. The molecule has 0 fully saturated rings. The summed E-state index contributed by atoms with van der Waals surface area (Å²) in [5.74, 6) is -2.98. The van der Waals surface area contributed by atoms with Gasteiger partial charge in [0, 0.05) is 0 Å². The van der Waals surface area contributed by atoms with Gasteiger partial charge in [-0.1, -0.05) is 26.0 Å². The Morgan fingerprint density at radius 1 is 1.00 bits per heavy atom. The summed E-state index contributed by atoms with van der Waals surface area (Å²) >= 11 is 0. The lowest BCUT2D eigenvalue weighted by Gasteiger charge is -2.25. The fraction of sp³-hybridized carbons (Fsp3) is 0.500. The molecule has 0 spiro atoms. The summed E-state index contributed by atoms with van der Waals surface area (Å²) in [6.45, 7) is 4.56. The largest absolute Gasteiger partial charge is 0.508 e. The van der Waals surface area contributed by atoms with E-state index in [2.05, 4.69) is 10.6 Å². The van der Waals surface area contributed by atoms with Crippen LogP contribution in [0.25, 0.3) is 0 Å². The van der Waals surface area contributed by atoms with Crippen LogP contribution in [0.4, 0.5) is 0 Å². The van der Waals surface area contributed by atoms with Crippen LogP contribution in [0.1, 0.15) is 26.3 Å². The number of hydrogen-bond acceptors (Lipinski definition) is 6. The van der Waals surface area contributed by atoms with Crippen LogP contribution in [0.15, 0.2) is 24.3 Å². The number of amides is 2. The van der Waals surface area contributed by atoms with Gasteiger partial charge < -0.3 is 31.7 Å². The second-order valence-corrected chi connectivity index (χ2v) is 6.77. The number of phenols is 1. The van der Waals surface area contributed by atoms with Gasteiger partial charge in [-0.2, -0.15) is 0 Å². The zero-order chi connectivity index (χ0) is 20.7. The number of benzene rings is 1. The van der Waals surface area contributed by atoms with Crippen LogP contribution in [-0.2, 0) is 20.8 Å². The SMILES string of the molecule is CC(C)C(NC(=O)C(NC(=O)C(N)Cc1ccc(O)cc1)C(C)O)C(=O)O. The fourth-order valence-electron chi connectivity index (χ4n) is 2.40. The number of phenolic OH excluding ortho intramolecular Hbond substituents is 1. The van der Waals surface area contributed by atoms with Crippen LogP contribution >= 0.6 is 0 Å². The van der Waals surface area contributed by atoms with Gasteiger partial charge in [-0.3, -0.25) is 9.59 Å². The highest BCUT2D eigenvalue weighted by Gasteiger charge is 2.32. The van der Waals surface area contributed by atoms with Crippen molar-refractivity contribution in [1.29, 1.82) is 0 Å². The molecule has 9 heteroatoms. The molecule has 1 rings (SSSR count). The van der Waals surface area contributed by atoms with Crippen molar-refractivity contribution in [1.82, 2.24) is 10.6 Å². The lowest BCUT2D eigenvalue weighted by molar-refractivity contribution is -0.144. The number of hydrogen-bond donors (Lipinski definition) is 6. The first kappa shape index (κ1) is 22.4. The standard InChI is InChI=1S/C18H27N3O6/c1-9(2)14(18(26)27)20-17(25)15(10(3)22)21-16(24)13(19)8-11-4-6-12(23)7-5-11/h4-7,9-10,13-15,22-23H,8,19H2,1-3H3,(H,20,25)(H,21,24)(H,26,27). The van der Waals surface area contributed by atoms with Crippen molar-refractivity contribution in [2.45, 2.75) is 51.4 Å². The molecule has 9 nitrogen and oxygen atoms in total. The third-order valence-electron chi connectivity index (χ3n) is 4.02. The molecule has 0 aliphatic heterocycles. The van der Waals surface area contributed by atoms with Gasteiger partial charge in [0.15, 0.2) is 0 Å². The lowest BCUT2D eigenvalue weighted by Crippen LogP contribution is -2.59. The van der Waals surface area contributed by atoms with Crippen LogP contribution in [0.2, 0.25) is 0 Å². The van der Waals surface area contributed by atoms with Crippen molar-refractivity contribution < 1.29 is 29.7 Å². The number of nitrogens with two attached hydrogens (primary N) is 1. The Morgan fingerprint density at radius 3 is 1.96 bits per heavy atom. The summed E-state index contributed by atoms with van der Waals surface area (Å²) in [5.41, 5.74) is 6.56. The zero-order valence-corrected chi connectivity index (χ0v) is 15.5. The summed E-state index contributed by atoms with van der Waals surface area (Å²) in [4.78, 5) is 35.9. The minimum absolute atomic E-state index is 0.0840. The maximum Gasteiger partial charge on any atom is 0.326 e. The van der Waals surface area contributed by atoms with E-state index in [0.29, 0.717) is 5.56 Å². The molecule has 7 N–H and O–H groups in total. The average molecular weight is 381 g/mol. The molecule has 0 saturated carbocycles.